The van der Waals surface area contributed by atoms with Gasteiger partial charge in [-0.25, -0.2) is 9.48 Å². The molecule has 2 amide bonds. The third kappa shape index (κ3) is 6.04. The van der Waals surface area contributed by atoms with Crippen molar-refractivity contribution in [2.75, 3.05) is 13.1 Å². The van der Waals surface area contributed by atoms with Crippen LogP contribution in [0.4, 0.5) is 4.79 Å². The first-order valence-corrected chi connectivity index (χ1v) is 12.0. The van der Waals surface area contributed by atoms with Crippen LogP contribution < -0.4 is 15.6 Å². The number of amides is 2. The Balaban J connectivity index is 1.46. The summed E-state index contributed by atoms with van der Waals surface area (Å²) in [6, 6.07) is 5.08. The average molecular weight is 521 g/mol. The maximum absolute atomic E-state index is 13.0. The Labute approximate surface area is 200 Å². The summed E-state index contributed by atoms with van der Waals surface area (Å²) in [6.07, 6.45) is 3.11. The zero-order chi connectivity index (χ0) is 23.8. The molecule has 178 valence electrons. The van der Waals surface area contributed by atoms with Gasteiger partial charge < -0.3 is 19.7 Å². The summed E-state index contributed by atoms with van der Waals surface area (Å²) in [4.78, 5) is 39.7. The summed E-state index contributed by atoms with van der Waals surface area (Å²) >= 11 is 3.42. The molecule has 1 saturated carbocycles. The normalized spacial score (nSPS) is 18.8. The number of fused-ring (bicyclic) bond motifs is 1. The van der Waals surface area contributed by atoms with Gasteiger partial charge in [0.05, 0.1) is 10.8 Å². The number of nitrogens with one attached hydrogen (secondary N) is 1. The van der Waals surface area contributed by atoms with Crippen LogP contribution in [0.2, 0.25) is 0 Å². The quantitative estimate of drug-likeness (QED) is 0.649. The number of piperidine rings is 1. The molecule has 1 saturated heterocycles. The average Bonchev–Trinajstić information content (AvgIpc) is 3.54. The Kier molecular flexibility index (Phi) is 6.65. The minimum absolute atomic E-state index is 0.0977. The number of halogens is 1. The summed E-state index contributed by atoms with van der Waals surface area (Å²) in [5.74, 6) is 0.0180. The number of ether oxygens (including phenoxy) is 2. The molecule has 0 radical (unpaired) electrons. The number of hydrogen-bond acceptors (Lipinski definition) is 6. The Bertz CT molecular complexity index is 1120. The SMILES string of the molecule is CC(C)(C)OC(=O)N1CCC[C@@H](NC(=O)Cn2nc(OC3CC3)c3cc(Br)ccc3c2=O)C1. The number of nitrogens with zero attached hydrogens (tertiary/aromatic N) is 3. The van der Waals surface area contributed by atoms with Crippen LogP contribution in [0.25, 0.3) is 10.8 Å². The molecular weight excluding hydrogens is 492 g/mol. The van der Waals surface area contributed by atoms with Gasteiger partial charge in [-0.3, -0.25) is 9.59 Å². The van der Waals surface area contributed by atoms with E-state index in [1.165, 1.54) is 0 Å². The molecule has 10 heteroatoms. The van der Waals surface area contributed by atoms with Gasteiger partial charge in [-0.05, 0) is 64.7 Å². The summed E-state index contributed by atoms with van der Waals surface area (Å²) < 4.78 is 13.3. The van der Waals surface area contributed by atoms with E-state index in [1.807, 2.05) is 20.8 Å². The highest BCUT2D eigenvalue weighted by molar-refractivity contribution is 9.10. The smallest absolute Gasteiger partial charge is 0.410 e. The molecule has 1 aromatic carbocycles. The second-order valence-corrected chi connectivity index (χ2v) is 10.5. The Hall–Kier alpha value is -2.62. The van der Waals surface area contributed by atoms with Crippen molar-refractivity contribution in [3.8, 4) is 5.88 Å². The summed E-state index contributed by atoms with van der Waals surface area (Å²) in [5.41, 5.74) is -0.929. The third-order valence-electron chi connectivity index (χ3n) is 5.42. The molecule has 4 rings (SSSR count). The van der Waals surface area contributed by atoms with Crippen LogP contribution in [0.1, 0.15) is 46.5 Å². The summed E-state index contributed by atoms with van der Waals surface area (Å²) in [5, 5.41) is 8.36. The zero-order valence-electron chi connectivity index (χ0n) is 19.1. The summed E-state index contributed by atoms with van der Waals surface area (Å²) in [6.45, 7) is 6.19. The Morgan fingerprint density at radius 2 is 1.97 bits per heavy atom. The van der Waals surface area contributed by atoms with Gasteiger partial charge in [-0.1, -0.05) is 15.9 Å². The fraction of sp³-hybridized carbons (Fsp3) is 0.565. The van der Waals surface area contributed by atoms with Crippen molar-refractivity contribution >= 4 is 38.7 Å². The van der Waals surface area contributed by atoms with E-state index >= 15 is 0 Å². The predicted octanol–water partition coefficient (Wildman–Crippen LogP) is 3.22. The van der Waals surface area contributed by atoms with Crippen LogP contribution in [0, 0.1) is 0 Å². The molecule has 0 spiro atoms. The van der Waals surface area contributed by atoms with Crippen LogP contribution in [-0.4, -0.2) is 57.5 Å². The van der Waals surface area contributed by atoms with E-state index in [2.05, 4.69) is 26.3 Å². The lowest BCUT2D eigenvalue weighted by atomic mass is 10.1. The van der Waals surface area contributed by atoms with Gasteiger partial charge >= 0.3 is 6.09 Å². The highest BCUT2D eigenvalue weighted by Gasteiger charge is 2.29. The number of likely N-dealkylation sites (tertiary alicyclic amines) is 1. The minimum Gasteiger partial charge on any atom is -0.473 e. The Morgan fingerprint density at radius 1 is 1.21 bits per heavy atom. The molecule has 1 aliphatic carbocycles. The molecule has 0 bridgehead atoms. The van der Waals surface area contributed by atoms with Gasteiger partial charge in [0.15, 0.2) is 0 Å². The molecule has 2 aliphatic rings. The lowest BCUT2D eigenvalue weighted by Gasteiger charge is -2.34. The number of aromatic nitrogens is 2. The van der Waals surface area contributed by atoms with Crippen LogP contribution in [0.15, 0.2) is 27.5 Å². The molecule has 33 heavy (non-hydrogen) atoms. The molecule has 2 heterocycles. The van der Waals surface area contributed by atoms with Crippen molar-refractivity contribution in [3.63, 3.8) is 0 Å². The molecular formula is C23H29BrN4O5. The van der Waals surface area contributed by atoms with E-state index in [1.54, 1.807) is 23.1 Å². The molecule has 2 fully saturated rings. The van der Waals surface area contributed by atoms with E-state index in [4.69, 9.17) is 9.47 Å². The van der Waals surface area contributed by atoms with E-state index in [0.29, 0.717) is 29.7 Å². The number of carbonyl (C=O) groups excluding carboxylic acids is 2. The van der Waals surface area contributed by atoms with Crippen molar-refractivity contribution in [1.29, 1.82) is 0 Å². The topological polar surface area (TPSA) is 103 Å². The molecule has 1 aliphatic heterocycles. The maximum Gasteiger partial charge on any atom is 0.410 e. The standard InChI is InChI=1S/C23H29BrN4O5/c1-23(2,3)33-22(31)27-10-4-5-15(12-27)25-19(29)13-28-21(30)17-9-6-14(24)11-18(17)20(26-28)32-16-7-8-16/h6,9,11,15-16H,4-5,7-8,10,12-13H2,1-3H3,(H,25,29)/t15-/m1/s1. The lowest BCUT2D eigenvalue weighted by Crippen LogP contribution is -2.51. The fourth-order valence-electron chi connectivity index (χ4n) is 3.76. The van der Waals surface area contributed by atoms with Gasteiger partial charge in [0, 0.05) is 23.6 Å². The van der Waals surface area contributed by atoms with Gasteiger partial charge in [0.25, 0.3) is 5.56 Å². The number of carbonyl (C=O) groups is 2. The fourth-order valence-corrected chi connectivity index (χ4v) is 4.12. The van der Waals surface area contributed by atoms with Crippen LogP contribution in [-0.2, 0) is 16.1 Å². The van der Waals surface area contributed by atoms with Crippen molar-refractivity contribution in [3.05, 3.63) is 33.0 Å². The minimum atomic E-state index is -0.577. The van der Waals surface area contributed by atoms with Crippen LogP contribution in [0.5, 0.6) is 5.88 Å². The van der Waals surface area contributed by atoms with Crippen molar-refractivity contribution < 1.29 is 19.1 Å². The predicted molar refractivity (Wildman–Crippen MR) is 126 cm³/mol. The van der Waals surface area contributed by atoms with Gasteiger partial charge in [0.1, 0.15) is 18.2 Å². The molecule has 1 N–H and O–H groups in total. The number of benzene rings is 1. The van der Waals surface area contributed by atoms with E-state index in [-0.39, 0.29) is 36.3 Å². The number of rotatable bonds is 5. The molecule has 2 aromatic rings. The van der Waals surface area contributed by atoms with E-state index in [9.17, 15) is 14.4 Å². The molecule has 1 atom stereocenters. The summed E-state index contributed by atoms with van der Waals surface area (Å²) in [7, 11) is 0. The number of hydrogen-bond donors (Lipinski definition) is 1. The van der Waals surface area contributed by atoms with Gasteiger partial charge in [-0.15, -0.1) is 5.10 Å². The second kappa shape index (κ2) is 9.32. The van der Waals surface area contributed by atoms with Gasteiger partial charge in [0.2, 0.25) is 11.8 Å². The van der Waals surface area contributed by atoms with Crippen LogP contribution >= 0.6 is 15.9 Å². The third-order valence-corrected chi connectivity index (χ3v) is 5.92. The second-order valence-electron chi connectivity index (χ2n) is 9.61. The largest absolute Gasteiger partial charge is 0.473 e. The molecule has 9 nitrogen and oxygen atoms in total. The monoisotopic (exact) mass is 520 g/mol. The lowest BCUT2D eigenvalue weighted by molar-refractivity contribution is -0.123. The van der Waals surface area contributed by atoms with Crippen molar-refractivity contribution in [2.24, 2.45) is 0 Å². The van der Waals surface area contributed by atoms with Crippen molar-refractivity contribution in [1.82, 2.24) is 20.0 Å². The van der Waals surface area contributed by atoms with Crippen LogP contribution in [0.3, 0.4) is 0 Å². The molecule has 1 aromatic heterocycles. The first-order chi connectivity index (χ1) is 15.6. The first kappa shape index (κ1) is 23.5. The highest BCUT2D eigenvalue weighted by Crippen LogP contribution is 2.30. The zero-order valence-corrected chi connectivity index (χ0v) is 20.7. The van der Waals surface area contributed by atoms with Gasteiger partial charge in [-0.2, -0.15) is 0 Å². The first-order valence-electron chi connectivity index (χ1n) is 11.2. The molecule has 0 unspecified atom stereocenters. The van der Waals surface area contributed by atoms with Crippen molar-refractivity contribution in [2.45, 2.75) is 70.7 Å². The van der Waals surface area contributed by atoms with E-state index in [0.717, 1.165) is 34.8 Å². The Morgan fingerprint density at radius 3 is 2.67 bits per heavy atom. The maximum atomic E-state index is 13.0. The highest BCUT2D eigenvalue weighted by atomic mass is 79.9. The van der Waals surface area contributed by atoms with E-state index < -0.39 is 5.60 Å².